The Hall–Kier alpha value is -1.49. The highest BCUT2D eigenvalue weighted by Crippen LogP contribution is 2.35. The Bertz CT molecular complexity index is 467. The minimum Gasteiger partial charge on any atom is -0.463 e. The second-order valence-corrected chi connectivity index (χ2v) is 3.69. The van der Waals surface area contributed by atoms with Crippen LogP contribution in [0.15, 0.2) is 24.3 Å². The third kappa shape index (κ3) is 3.77. The fourth-order valence-corrected chi connectivity index (χ4v) is 1.53. The summed E-state index contributed by atoms with van der Waals surface area (Å²) in [6, 6.07) is 3.42. The van der Waals surface area contributed by atoms with Gasteiger partial charge >= 0.3 is 12.1 Å². The molecule has 0 N–H and O–H groups in total. The first-order valence-corrected chi connectivity index (χ1v) is 5.44. The predicted molar refractivity (Wildman–Crippen MR) is 62.1 cm³/mol. The second-order valence-electron chi connectivity index (χ2n) is 3.28. The maximum atomic E-state index is 12.7. The summed E-state index contributed by atoms with van der Waals surface area (Å²) < 4.78 is 42.7. The number of rotatable bonds is 3. The van der Waals surface area contributed by atoms with Gasteiger partial charge in [0, 0.05) is 16.7 Å². The molecule has 0 unspecified atom stereocenters. The Balaban J connectivity index is 3.12. The van der Waals surface area contributed by atoms with Crippen LogP contribution in [0.1, 0.15) is 18.1 Å². The summed E-state index contributed by atoms with van der Waals surface area (Å²) in [6.45, 7) is 1.75. The number of ether oxygens (including phenoxy) is 1. The molecule has 2 nitrogen and oxygen atoms in total. The highest BCUT2D eigenvalue weighted by atomic mass is 35.5. The van der Waals surface area contributed by atoms with E-state index in [2.05, 4.69) is 4.74 Å². The summed E-state index contributed by atoms with van der Waals surface area (Å²) >= 11 is 5.69. The lowest BCUT2D eigenvalue weighted by Gasteiger charge is -2.11. The summed E-state index contributed by atoms with van der Waals surface area (Å²) in [6.07, 6.45) is -2.61. The number of hydrogen-bond acceptors (Lipinski definition) is 2. The van der Waals surface area contributed by atoms with E-state index in [-0.39, 0.29) is 17.2 Å². The van der Waals surface area contributed by atoms with Crippen molar-refractivity contribution in [2.75, 3.05) is 6.61 Å². The number of hydrogen-bond donors (Lipinski definition) is 0. The summed E-state index contributed by atoms with van der Waals surface area (Å²) in [4.78, 5) is 11.1. The van der Waals surface area contributed by atoms with Crippen molar-refractivity contribution in [3.8, 4) is 0 Å². The summed E-state index contributed by atoms with van der Waals surface area (Å²) in [5, 5.41) is -0.0784. The molecule has 18 heavy (non-hydrogen) atoms. The molecule has 1 rings (SSSR count). The minimum absolute atomic E-state index is 0.0784. The van der Waals surface area contributed by atoms with Gasteiger partial charge in [0.1, 0.15) is 0 Å². The molecule has 0 aliphatic rings. The van der Waals surface area contributed by atoms with Crippen LogP contribution in [0.4, 0.5) is 13.2 Å². The van der Waals surface area contributed by atoms with Gasteiger partial charge in [0.15, 0.2) is 0 Å². The van der Waals surface area contributed by atoms with Gasteiger partial charge in [0.2, 0.25) is 0 Å². The van der Waals surface area contributed by atoms with Crippen LogP contribution in [-0.4, -0.2) is 12.6 Å². The molecule has 6 heteroatoms. The molecule has 98 valence electrons. The molecule has 0 saturated carbocycles. The molecule has 0 fully saturated rings. The highest BCUT2D eigenvalue weighted by molar-refractivity contribution is 6.32. The van der Waals surface area contributed by atoms with Gasteiger partial charge in [-0.2, -0.15) is 13.2 Å². The SMILES string of the molecule is CCOC(=O)C=Cc1c(Cl)cccc1C(F)(F)F. The van der Waals surface area contributed by atoms with Crippen molar-refractivity contribution >= 4 is 23.6 Å². The summed E-state index contributed by atoms with van der Waals surface area (Å²) in [7, 11) is 0. The zero-order valence-corrected chi connectivity index (χ0v) is 10.2. The molecule has 0 aliphatic heterocycles. The van der Waals surface area contributed by atoms with Crippen molar-refractivity contribution in [1.29, 1.82) is 0 Å². The Morgan fingerprint density at radius 2 is 2.11 bits per heavy atom. The quantitative estimate of drug-likeness (QED) is 0.618. The Kier molecular flexibility index (Phi) is 4.78. The third-order valence-corrected chi connectivity index (χ3v) is 2.36. The maximum absolute atomic E-state index is 12.7. The average molecular weight is 279 g/mol. The van der Waals surface area contributed by atoms with Crippen molar-refractivity contribution < 1.29 is 22.7 Å². The molecule has 1 aromatic carbocycles. The van der Waals surface area contributed by atoms with Gasteiger partial charge in [-0.15, -0.1) is 0 Å². The van der Waals surface area contributed by atoms with Crippen LogP contribution in [0.3, 0.4) is 0 Å². The van der Waals surface area contributed by atoms with Gasteiger partial charge in [-0.1, -0.05) is 17.7 Å². The summed E-state index contributed by atoms with van der Waals surface area (Å²) in [5.74, 6) is -0.717. The van der Waals surface area contributed by atoms with Crippen molar-refractivity contribution in [2.45, 2.75) is 13.1 Å². The Labute approximate surface area is 107 Å². The topological polar surface area (TPSA) is 26.3 Å². The highest BCUT2D eigenvalue weighted by Gasteiger charge is 2.33. The lowest BCUT2D eigenvalue weighted by molar-refractivity contribution is -0.138. The Morgan fingerprint density at radius 3 is 2.67 bits per heavy atom. The number of carbonyl (C=O) groups excluding carboxylic acids is 1. The molecule has 0 spiro atoms. The molecular formula is C12H10ClF3O2. The molecule has 0 amide bonds. The molecule has 0 bridgehead atoms. The van der Waals surface area contributed by atoms with E-state index in [4.69, 9.17) is 11.6 Å². The Morgan fingerprint density at radius 1 is 1.44 bits per heavy atom. The molecular weight excluding hydrogens is 269 g/mol. The van der Waals surface area contributed by atoms with Crippen LogP contribution in [0.2, 0.25) is 5.02 Å². The normalized spacial score (nSPS) is 11.8. The van der Waals surface area contributed by atoms with E-state index in [1.165, 1.54) is 12.1 Å². The first kappa shape index (κ1) is 14.6. The fraction of sp³-hybridized carbons (Fsp3) is 0.250. The number of benzene rings is 1. The summed E-state index contributed by atoms with van der Waals surface area (Å²) in [5.41, 5.74) is -1.14. The molecule has 0 saturated heterocycles. The largest absolute Gasteiger partial charge is 0.463 e. The van der Waals surface area contributed by atoms with Gasteiger partial charge in [-0.25, -0.2) is 4.79 Å². The van der Waals surface area contributed by atoms with Gasteiger partial charge < -0.3 is 4.74 Å². The van der Waals surface area contributed by atoms with Crippen LogP contribution < -0.4 is 0 Å². The van der Waals surface area contributed by atoms with Gasteiger partial charge in [-0.05, 0) is 25.1 Å². The zero-order valence-electron chi connectivity index (χ0n) is 9.42. The van der Waals surface area contributed by atoms with Crippen molar-refractivity contribution in [3.05, 3.63) is 40.4 Å². The van der Waals surface area contributed by atoms with E-state index in [0.717, 1.165) is 18.2 Å². The zero-order chi connectivity index (χ0) is 13.8. The second kappa shape index (κ2) is 5.91. The van der Waals surface area contributed by atoms with E-state index in [1.807, 2.05) is 0 Å². The van der Waals surface area contributed by atoms with Gasteiger partial charge in [0.05, 0.1) is 12.2 Å². The van der Waals surface area contributed by atoms with E-state index in [9.17, 15) is 18.0 Å². The molecule has 0 aromatic heterocycles. The minimum atomic E-state index is -4.53. The molecule has 0 heterocycles. The van der Waals surface area contributed by atoms with Gasteiger partial charge in [0.25, 0.3) is 0 Å². The molecule has 1 aromatic rings. The standard InChI is InChI=1S/C12H10ClF3O2/c1-2-18-11(17)7-6-8-9(12(14,15)16)4-3-5-10(8)13/h3-7H,2H2,1H3. The lowest BCUT2D eigenvalue weighted by atomic mass is 10.1. The first-order chi connectivity index (χ1) is 8.36. The number of carbonyl (C=O) groups is 1. The first-order valence-electron chi connectivity index (χ1n) is 5.06. The maximum Gasteiger partial charge on any atom is 0.417 e. The fourth-order valence-electron chi connectivity index (χ4n) is 1.30. The lowest BCUT2D eigenvalue weighted by Crippen LogP contribution is -2.08. The van der Waals surface area contributed by atoms with Crippen LogP contribution >= 0.6 is 11.6 Å². The van der Waals surface area contributed by atoms with E-state index >= 15 is 0 Å². The van der Waals surface area contributed by atoms with Gasteiger partial charge in [-0.3, -0.25) is 0 Å². The molecule has 0 atom stereocenters. The van der Waals surface area contributed by atoms with Crippen molar-refractivity contribution in [2.24, 2.45) is 0 Å². The number of alkyl halides is 3. The smallest absolute Gasteiger partial charge is 0.417 e. The van der Waals surface area contributed by atoms with Crippen molar-refractivity contribution in [3.63, 3.8) is 0 Å². The third-order valence-electron chi connectivity index (χ3n) is 2.03. The van der Waals surface area contributed by atoms with Crippen LogP contribution in [0, 0.1) is 0 Å². The van der Waals surface area contributed by atoms with E-state index < -0.39 is 17.7 Å². The number of halogens is 4. The van der Waals surface area contributed by atoms with Crippen LogP contribution in [-0.2, 0) is 15.7 Å². The monoisotopic (exact) mass is 278 g/mol. The number of esters is 1. The van der Waals surface area contributed by atoms with Crippen LogP contribution in [0.25, 0.3) is 6.08 Å². The van der Waals surface area contributed by atoms with Crippen molar-refractivity contribution in [1.82, 2.24) is 0 Å². The van der Waals surface area contributed by atoms with Crippen LogP contribution in [0.5, 0.6) is 0 Å². The molecule has 0 aliphatic carbocycles. The molecule has 0 radical (unpaired) electrons. The van der Waals surface area contributed by atoms with E-state index in [1.54, 1.807) is 6.92 Å². The van der Waals surface area contributed by atoms with E-state index in [0.29, 0.717) is 0 Å². The average Bonchev–Trinajstić information content (AvgIpc) is 2.26. The predicted octanol–water partition coefficient (Wildman–Crippen LogP) is 3.94.